The molecule has 2 aliphatic rings. The Hall–Kier alpha value is -0.0800. The molecule has 0 radical (unpaired) electrons. The van der Waals surface area contributed by atoms with Gasteiger partial charge in [-0.3, -0.25) is 0 Å². The average Bonchev–Trinajstić information content (AvgIpc) is 3.12. The fourth-order valence-corrected chi connectivity index (χ4v) is 2.61. The van der Waals surface area contributed by atoms with E-state index < -0.39 is 0 Å². The zero-order valence-corrected chi connectivity index (χ0v) is 10.8. The standard InChI is InChI=1S/C14H28N2/c1-2-3-14(8-15)11-16(9-12-4-5-12)10-13-6-7-13/h12-14H,2-11,15H2,1H3. The Morgan fingerprint density at radius 1 is 1.12 bits per heavy atom. The minimum Gasteiger partial charge on any atom is -0.330 e. The van der Waals surface area contributed by atoms with Crippen molar-refractivity contribution in [1.29, 1.82) is 0 Å². The van der Waals surface area contributed by atoms with E-state index in [4.69, 9.17) is 5.73 Å². The van der Waals surface area contributed by atoms with Crippen molar-refractivity contribution in [2.75, 3.05) is 26.2 Å². The van der Waals surface area contributed by atoms with Crippen LogP contribution in [0.15, 0.2) is 0 Å². The molecule has 2 heteroatoms. The third kappa shape index (κ3) is 4.42. The molecule has 0 aromatic carbocycles. The lowest BCUT2D eigenvalue weighted by molar-refractivity contribution is 0.210. The molecule has 2 rings (SSSR count). The Morgan fingerprint density at radius 3 is 2.06 bits per heavy atom. The lowest BCUT2D eigenvalue weighted by Crippen LogP contribution is -2.35. The van der Waals surface area contributed by atoms with Gasteiger partial charge in [-0.2, -0.15) is 0 Å². The highest BCUT2D eigenvalue weighted by Crippen LogP contribution is 2.34. The molecular formula is C14H28N2. The van der Waals surface area contributed by atoms with Gasteiger partial charge < -0.3 is 10.6 Å². The van der Waals surface area contributed by atoms with Gasteiger partial charge in [-0.1, -0.05) is 13.3 Å². The molecule has 2 aliphatic carbocycles. The first kappa shape index (κ1) is 12.4. The van der Waals surface area contributed by atoms with Crippen LogP contribution in [-0.4, -0.2) is 31.1 Å². The summed E-state index contributed by atoms with van der Waals surface area (Å²) in [6.45, 7) is 7.12. The van der Waals surface area contributed by atoms with Crippen LogP contribution in [0.2, 0.25) is 0 Å². The van der Waals surface area contributed by atoms with E-state index in [1.807, 2.05) is 0 Å². The number of hydrogen-bond donors (Lipinski definition) is 1. The molecule has 0 heterocycles. The second-order valence-electron chi connectivity index (χ2n) is 6.00. The molecule has 0 bridgehead atoms. The van der Waals surface area contributed by atoms with E-state index in [-0.39, 0.29) is 0 Å². The molecule has 94 valence electrons. The van der Waals surface area contributed by atoms with E-state index in [1.165, 1.54) is 58.2 Å². The minimum atomic E-state index is 0.738. The monoisotopic (exact) mass is 224 g/mol. The number of nitrogens with two attached hydrogens (primary N) is 1. The molecule has 0 saturated heterocycles. The van der Waals surface area contributed by atoms with E-state index in [9.17, 15) is 0 Å². The van der Waals surface area contributed by atoms with Crippen molar-refractivity contribution in [2.45, 2.75) is 45.4 Å². The van der Waals surface area contributed by atoms with Crippen molar-refractivity contribution in [3.63, 3.8) is 0 Å². The molecule has 0 aromatic heterocycles. The van der Waals surface area contributed by atoms with Crippen molar-refractivity contribution in [3.8, 4) is 0 Å². The summed E-state index contributed by atoms with van der Waals surface area (Å²) in [6, 6.07) is 0. The predicted molar refractivity (Wildman–Crippen MR) is 69.3 cm³/mol. The van der Waals surface area contributed by atoms with Crippen molar-refractivity contribution in [2.24, 2.45) is 23.5 Å². The fourth-order valence-electron chi connectivity index (χ4n) is 2.61. The van der Waals surface area contributed by atoms with Gasteiger partial charge in [0, 0.05) is 19.6 Å². The second-order valence-corrected chi connectivity index (χ2v) is 6.00. The summed E-state index contributed by atoms with van der Waals surface area (Å²) >= 11 is 0. The van der Waals surface area contributed by atoms with Crippen LogP contribution in [0.25, 0.3) is 0 Å². The van der Waals surface area contributed by atoms with Gasteiger partial charge in [-0.25, -0.2) is 0 Å². The summed E-state index contributed by atoms with van der Waals surface area (Å²) in [4.78, 5) is 2.72. The molecule has 1 unspecified atom stereocenters. The van der Waals surface area contributed by atoms with Gasteiger partial charge in [0.15, 0.2) is 0 Å². The zero-order valence-electron chi connectivity index (χ0n) is 10.8. The normalized spacial score (nSPS) is 22.7. The number of hydrogen-bond acceptors (Lipinski definition) is 2. The van der Waals surface area contributed by atoms with Crippen LogP contribution >= 0.6 is 0 Å². The zero-order chi connectivity index (χ0) is 11.4. The Balaban J connectivity index is 1.73. The maximum atomic E-state index is 5.87. The van der Waals surface area contributed by atoms with E-state index >= 15 is 0 Å². The molecule has 0 spiro atoms. The molecular weight excluding hydrogens is 196 g/mol. The van der Waals surface area contributed by atoms with Gasteiger partial charge in [0.25, 0.3) is 0 Å². The van der Waals surface area contributed by atoms with E-state index in [0.29, 0.717) is 0 Å². The first-order valence-corrected chi connectivity index (χ1v) is 7.24. The molecule has 1 atom stereocenters. The Kier molecular flexibility index (Phi) is 4.66. The van der Waals surface area contributed by atoms with E-state index in [0.717, 1.165) is 24.3 Å². The number of rotatable bonds is 9. The highest BCUT2D eigenvalue weighted by atomic mass is 15.1. The van der Waals surface area contributed by atoms with Crippen LogP contribution in [0.3, 0.4) is 0 Å². The van der Waals surface area contributed by atoms with Gasteiger partial charge >= 0.3 is 0 Å². The topological polar surface area (TPSA) is 29.3 Å². The van der Waals surface area contributed by atoms with Gasteiger partial charge in [-0.05, 0) is 56.4 Å². The van der Waals surface area contributed by atoms with Gasteiger partial charge in [-0.15, -0.1) is 0 Å². The molecule has 0 aliphatic heterocycles. The van der Waals surface area contributed by atoms with E-state index in [2.05, 4.69) is 11.8 Å². The molecule has 2 fully saturated rings. The van der Waals surface area contributed by atoms with Crippen LogP contribution in [0, 0.1) is 17.8 Å². The highest BCUT2D eigenvalue weighted by molar-refractivity contribution is 4.83. The van der Waals surface area contributed by atoms with Gasteiger partial charge in [0.2, 0.25) is 0 Å². The van der Waals surface area contributed by atoms with Crippen molar-refractivity contribution >= 4 is 0 Å². The lowest BCUT2D eigenvalue weighted by atomic mass is 10.0. The van der Waals surface area contributed by atoms with Crippen molar-refractivity contribution in [3.05, 3.63) is 0 Å². The third-order valence-corrected chi connectivity index (χ3v) is 3.97. The summed E-state index contributed by atoms with van der Waals surface area (Å²) in [6.07, 6.45) is 8.49. The van der Waals surface area contributed by atoms with Crippen molar-refractivity contribution in [1.82, 2.24) is 4.90 Å². The van der Waals surface area contributed by atoms with Gasteiger partial charge in [0.05, 0.1) is 0 Å². The third-order valence-electron chi connectivity index (χ3n) is 3.97. The molecule has 0 amide bonds. The quantitative estimate of drug-likeness (QED) is 0.652. The van der Waals surface area contributed by atoms with Crippen LogP contribution in [0.1, 0.15) is 45.4 Å². The molecule has 0 aromatic rings. The maximum Gasteiger partial charge on any atom is 0.00219 e. The summed E-state index contributed by atoms with van der Waals surface area (Å²) in [7, 11) is 0. The van der Waals surface area contributed by atoms with Crippen LogP contribution in [-0.2, 0) is 0 Å². The Morgan fingerprint density at radius 2 is 1.69 bits per heavy atom. The van der Waals surface area contributed by atoms with Gasteiger partial charge in [0.1, 0.15) is 0 Å². The maximum absolute atomic E-state index is 5.87. The minimum absolute atomic E-state index is 0.738. The van der Waals surface area contributed by atoms with Crippen LogP contribution in [0.5, 0.6) is 0 Å². The summed E-state index contributed by atoms with van der Waals surface area (Å²) < 4.78 is 0. The predicted octanol–water partition coefficient (Wildman–Crippen LogP) is 2.48. The first-order chi connectivity index (χ1) is 7.81. The Bertz CT molecular complexity index is 183. The molecule has 2 saturated carbocycles. The number of nitrogens with zero attached hydrogens (tertiary/aromatic N) is 1. The summed E-state index contributed by atoms with van der Waals surface area (Å²) in [5.41, 5.74) is 5.87. The molecule has 2 nitrogen and oxygen atoms in total. The van der Waals surface area contributed by atoms with E-state index in [1.54, 1.807) is 0 Å². The SMILES string of the molecule is CCCC(CN)CN(CC1CC1)CC1CC1. The average molecular weight is 224 g/mol. The first-order valence-electron chi connectivity index (χ1n) is 7.24. The summed E-state index contributed by atoms with van der Waals surface area (Å²) in [5, 5.41) is 0. The Labute approximate surface area is 101 Å². The summed E-state index contributed by atoms with van der Waals surface area (Å²) in [5.74, 6) is 2.79. The lowest BCUT2D eigenvalue weighted by Gasteiger charge is -2.26. The van der Waals surface area contributed by atoms with Crippen molar-refractivity contribution < 1.29 is 0 Å². The van der Waals surface area contributed by atoms with Crippen LogP contribution in [0.4, 0.5) is 0 Å². The fraction of sp³-hybridized carbons (Fsp3) is 1.00. The van der Waals surface area contributed by atoms with Crippen LogP contribution < -0.4 is 5.73 Å². The largest absolute Gasteiger partial charge is 0.330 e. The smallest absolute Gasteiger partial charge is 0.00219 e. The highest BCUT2D eigenvalue weighted by Gasteiger charge is 2.29. The molecule has 16 heavy (non-hydrogen) atoms. The molecule has 2 N–H and O–H groups in total. The second kappa shape index (κ2) is 6.02.